The lowest BCUT2D eigenvalue weighted by atomic mass is 10.2. The van der Waals surface area contributed by atoms with E-state index in [2.05, 4.69) is 4.74 Å². The number of hydrogen-bond donors (Lipinski definition) is 0. The van der Waals surface area contributed by atoms with Gasteiger partial charge in [0.1, 0.15) is 0 Å². The van der Waals surface area contributed by atoms with Crippen LogP contribution >= 0.6 is 0 Å². The average molecular weight is 222 g/mol. The fraction of sp³-hybridized carbons (Fsp3) is 0.222. The first-order valence-corrected chi connectivity index (χ1v) is 3.88. The third kappa shape index (κ3) is 3.23. The first-order valence-electron chi connectivity index (χ1n) is 3.88. The highest BCUT2D eigenvalue weighted by atomic mass is 19.4. The smallest absolute Gasteiger partial charge is 0.418 e. The molecule has 0 bridgehead atoms. The molecule has 1 rings (SSSR count). The normalized spacial score (nSPS) is 13.3. The van der Waals surface area contributed by atoms with Crippen LogP contribution < -0.4 is 0 Å². The Balaban J connectivity index is 2.65. The van der Waals surface area contributed by atoms with Gasteiger partial charge in [0.05, 0.1) is 5.56 Å². The van der Waals surface area contributed by atoms with E-state index in [9.17, 15) is 22.4 Å². The Kier molecular flexibility index (Phi) is 3.28. The van der Waals surface area contributed by atoms with Crippen LogP contribution in [0.4, 0.5) is 17.6 Å². The van der Waals surface area contributed by atoms with Gasteiger partial charge in [0.15, 0.2) is 0 Å². The van der Waals surface area contributed by atoms with Crippen molar-refractivity contribution in [2.75, 3.05) is 0 Å². The van der Waals surface area contributed by atoms with Crippen molar-refractivity contribution in [3.8, 4) is 0 Å². The molecule has 0 aliphatic rings. The number of halogens is 4. The van der Waals surface area contributed by atoms with Crippen LogP contribution in [0, 0.1) is 0 Å². The third-order valence-corrected chi connectivity index (χ3v) is 1.48. The molecular weight excluding hydrogens is 216 g/mol. The second-order valence-electron chi connectivity index (χ2n) is 2.63. The minimum absolute atomic E-state index is 0.135. The second-order valence-corrected chi connectivity index (χ2v) is 2.63. The van der Waals surface area contributed by atoms with Crippen molar-refractivity contribution < 1.29 is 27.1 Å². The molecule has 2 nitrogen and oxygen atoms in total. The van der Waals surface area contributed by atoms with E-state index in [4.69, 9.17) is 0 Å². The third-order valence-electron chi connectivity index (χ3n) is 1.48. The molecule has 0 N–H and O–H groups in total. The van der Waals surface area contributed by atoms with Crippen molar-refractivity contribution in [1.82, 2.24) is 0 Å². The molecular formula is C9H6F4O2. The lowest BCUT2D eigenvalue weighted by molar-refractivity contribution is -0.246. The molecule has 0 fully saturated rings. The maximum Gasteiger partial charge on any atom is 0.457 e. The number of esters is 1. The van der Waals surface area contributed by atoms with Crippen LogP contribution in [0.25, 0.3) is 0 Å². The van der Waals surface area contributed by atoms with Gasteiger partial charge in [-0.3, -0.25) is 0 Å². The lowest BCUT2D eigenvalue weighted by Crippen LogP contribution is -2.29. The van der Waals surface area contributed by atoms with E-state index in [0.717, 1.165) is 0 Å². The number of carbonyl (C=O) groups excluding carboxylic acids is 1. The van der Waals surface area contributed by atoms with E-state index in [-0.39, 0.29) is 5.56 Å². The van der Waals surface area contributed by atoms with Crippen molar-refractivity contribution in [1.29, 1.82) is 0 Å². The zero-order chi connectivity index (χ0) is 11.5. The molecule has 1 aromatic rings. The number of rotatable bonds is 2. The van der Waals surface area contributed by atoms with Crippen molar-refractivity contribution in [3.63, 3.8) is 0 Å². The summed E-state index contributed by atoms with van der Waals surface area (Å²) in [6.45, 7) is 0. The summed E-state index contributed by atoms with van der Waals surface area (Å²) in [5, 5.41) is 0. The van der Waals surface area contributed by atoms with E-state index in [1.165, 1.54) is 24.3 Å². The van der Waals surface area contributed by atoms with Crippen molar-refractivity contribution in [2.24, 2.45) is 0 Å². The molecule has 0 saturated carbocycles. The molecule has 1 unspecified atom stereocenters. The fourth-order valence-corrected chi connectivity index (χ4v) is 0.803. The standard InChI is InChI=1S/C9H6F4O2/c10-8(9(11,12)13)15-7(14)6-4-2-1-3-5-6/h1-5,8H. The monoisotopic (exact) mass is 222 g/mol. The first-order chi connectivity index (χ1) is 6.91. The molecule has 1 aromatic carbocycles. The van der Waals surface area contributed by atoms with Gasteiger partial charge in [-0.15, -0.1) is 0 Å². The molecule has 0 amide bonds. The maximum atomic E-state index is 12.3. The highest BCUT2D eigenvalue weighted by Crippen LogP contribution is 2.24. The summed E-state index contributed by atoms with van der Waals surface area (Å²) in [6, 6.07) is 6.87. The molecule has 0 heterocycles. The molecule has 0 radical (unpaired) electrons. The Labute approximate surface area is 82.5 Å². The Hall–Kier alpha value is -1.59. The van der Waals surface area contributed by atoms with Gasteiger partial charge in [0, 0.05) is 0 Å². The topological polar surface area (TPSA) is 26.3 Å². The van der Waals surface area contributed by atoms with Crippen LogP contribution in [0.3, 0.4) is 0 Å². The highest BCUT2D eigenvalue weighted by Gasteiger charge is 2.43. The van der Waals surface area contributed by atoms with Gasteiger partial charge in [0.2, 0.25) is 0 Å². The average Bonchev–Trinajstić information content (AvgIpc) is 2.17. The second kappa shape index (κ2) is 4.29. The molecule has 0 spiro atoms. The molecule has 15 heavy (non-hydrogen) atoms. The van der Waals surface area contributed by atoms with Gasteiger partial charge in [-0.05, 0) is 12.1 Å². The van der Waals surface area contributed by atoms with Crippen LogP contribution in [-0.2, 0) is 4.74 Å². The number of ether oxygens (including phenoxy) is 1. The minimum Gasteiger partial charge on any atom is -0.418 e. The SMILES string of the molecule is O=C(OC(F)C(F)(F)F)c1ccccc1. The van der Waals surface area contributed by atoms with Gasteiger partial charge >= 0.3 is 18.5 Å². The summed E-state index contributed by atoms with van der Waals surface area (Å²) in [5.41, 5.74) is -0.135. The predicted molar refractivity (Wildman–Crippen MR) is 42.8 cm³/mol. The minimum atomic E-state index is -5.19. The molecule has 0 aromatic heterocycles. The number of benzene rings is 1. The van der Waals surface area contributed by atoms with Crippen molar-refractivity contribution in [3.05, 3.63) is 35.9 Å². The summed E-state index contributed by atoms with van der Waals surface area (Å²) >= 11 is 0. The highest BCUT2D eigenvalue weighted by molar-refractivity contribution is 5.89. The van der Waals surface area contributed by atoms with Gasteiger partial charge in [0.25, 0.3) is 0 Å². The van der Waals surface area contributed by atoms with E-state index < -0.39 is 18.5 Å². The number of hydrogen-bond acceptors (Lipinski definition) is 2. The number of carbonyl (C=O) groups is 1. The van der Waals surface area contributed by atoms with Crippen LogP contribution in [-0.4, -0.2) is 18.5 Å². The first kappa shape index (κ1) is 11.5. The van der Waals surface area contributed by atoms with E-state index in [1.807, 2.05) is 0 Å². The zero-order valence-corrected chi connectivity index (χ0v) is 7.29. The quantitative estimate of drug-likeness (QED) is 0.568. The van der Waals surface area contributed by atoms with E-state index in [1.54, 1.807) is 6.07 Å². The number of alkyl halides is 4. The molecule has 1 atom stereocenters. The summed E-state index contributed by atoms with van der Waals surface area (Å²) in [4.78, 5) is 10.9. The molecule has 6 heteroatoms. The predicted octanol–water partition coefficient (Wildman–Crippen LogP) is 2.70. The molecule has 0 saturated heterocycles. The van der Waals surface area contributed by atoms with E-state index in [0.29, 0.717) is 0 Å². The van der Waals surface area contributed by atoms with Crippen LogP contribution in [0.5, 0.6) is 0 Å². The molecule has 82 valence electrons. The van der Waals surface area contributed by atoms with Crippen LogP contribution in [0.1, 0.15) is 10.4 Å². The zero-order valence-electron chi connectivity index (χ0n) is 7.29. The molecule has 0 aliphatic heterocycles. The summed E-state index contributed by atoms with van der Waals surface area (Å²) in [6.07, 6.45) is -8.78. The Bertz CT molecular complexity index is 334. The van der Waals surface area contributed by atoms with Crippen LogP contribution in [0.15, 0.2) is 30.3 Å². The van der Waals surface area contributed by atoms with Gasteiger partial charge in [-0.1, -0.05) is 18.2 Å². The van der Waals surface area contributed by atoms with Gasteiger partial charge in [-0.2, -0.15) is 17.6 Å². The molecule has 0 aliphatic carbocycles. The Morgan fingerprint density at radius 3 is 2.20 bits per heavy atom. The van der Waals surface area contributed by atoms with Crippen LogP contribution in [0.2, 0.25) is 0 Å². The van der Waals surface area contributed by atoms with Gasteiger partial charge in [-0.25, -0.2) is 4.79 Å². The maximum absolute atomic E-state index is 12.3. The van der Waals surface area contributed by atoms with Crippen molar-refractivity contribution in [2.45, 2.75) is 12.5 Å². The van der Waals surface area contributed by atoms with Crippen molar-refractivity contribution >= 4 is 5.97 Å². The summed E-state index contributed by atoms with van der Waals surface area (Å²) < 4.78 is 50.9. The largest absolute Gasteiger partial charge is 0.457 e. The lowest BCUT2D eigenvalue weighted by Gasteiger charge is -2.12. The summed E-state index contributed by atoms with van der Waals surface area (Å²) in [7, 11) is 0. The van der Waals surface area contributed by atoms with E-state index >= 15 is 0 Å². The summed E-state index contributed by atoms with van der Waals surface area (Å²) in [5.74, 6) is -1.35. The Morgan fingerprint density at radius 1 is 1.20 bits per heavy atom. The Morgan fingerprint density at radius 2 is 1.73 bits per heavy atom. The fourth-order valence-electron chi connectivity index (χ4n) is 0.803. The van der Waals surface area contributed by atoms with Gasteiger partial charge < -0.3 is 4.74 Å².